The summed E-state index contributed by atoms with van der Waals surface area (Å²) in [5.74, 6) is -1.10. The van der Waals surface area contributed by atoms with Gasteiger partial charge in [-0.25, -0.2) is 13.5 Å². The molecular formula is C19H25F2N7O2. The van der Waals surface area contributed by atoms with E-state index in [0.717, 1.165) is 0 Å². The van der Waals surface area contributed by atoms with Crippen LogP contribution in [-0.4, -0.2) is 68.7 Å². The maximum Gasteiger partial charge on any atom is 0.264 e. The molecule has 2 aliphatic rings. The number of amides is 1. The number of anilines is 2. The highest BCUT2D eigenvalue weighted by molar-refractivity contribution is 5.73. The molecule has 30 heavy (non-hydrogen) atoms. The zero-order valence-electron chi connectivity index (χ0n) is 16.8. The Kier molecular flexibility index (Phi) is 5.44. The van der Waals surface area contributed by atoms with Crippen LogP contribution in [-0.2, 0) is 4.79 Å². The third-order valence-electron chi connectivity index (χ3n) is 5.65. The van der Waals surface area contributed by atoms with Gasteiger partial charge in [-0.1, -0.05) is 0 Å². The molecule has 1 aliphatic carbocycles. The smallest absolute Gasteiger partial charge is 0.264 e. The Balaban J connectivity index is 1.57. The van der Waals surface area contributed by atoms with Crippen molar-refractivity contribution in [2.24, 2.45) is 0 Å². The molecule has 1 saturated carbocycles. The maximum absolute atomic E-state index is 13.5. The zero-order valence-corrected chi connectivity index (χ0v) is 16.8. The van der Waals surface area contributed by atoms with Gasteiger partial charge in [0.05, 0.1) is 0 Å². The molecule has 0 bridgehead atoms. The number of H-pyrrole nitrogens is 1. The van der Waals surface area contributed by atoms with Crippen molar-refractivity contribution in [2.75, 3.05) is 36.4 Å². The van der Waals surface area contributed by atoms with Crippen LogP contribution >= 0.6 is 0 Å². The van der Waals surface area contributed by atoms with E-state index in [4.69, 9.17) is 0 Å². The molecule has 0 atom stereocenters. The lowest BCUT2D eigenvalue weighted by Gasteiger charge is -2.35. The molecule has 2 N–H and O–H groups in total. The molecule has 1 aliphatic heterocycles. The van der Waals surface area contributed by atoms with Gasteiger partial charge in [-0.05, 0) is 12.8 Å². The molecule has 9 nitrogen and oxygen atoms in total. The molecule has 0 radical (unpaired) electrons. The number of aromatic nitrogens is 4. The molecule has 11 heteroatoms. The topological polar surface area (TPSA) is 99.2 Å². The molecule has 162 valence electrons. The number of hydrogen-bond acceptors (Lipinski definition) is 6. The van der Waals surface area contributed by atoms with Gasteiger partial charge >= 0.3 is 0 Å². The summed E-state index contributed by atoms with van der Waals surface area (Å²) < 4.78 is 28.4. The van der Waals surface area contributed by atoms with Gasteiger partial charge in [0.15, 0.2) is 5.82 Å². The van der Waals surface area contributed by atoms with Crippen LogP contribution in [0.2, 0.25) is 0 Å². The van der Waals surface area contributed by atoms with Crippen molar-refractivity contribution in [3.8, 4) is 5.82 Å². The Morgan fingerprint density at radius 2 is 1.83 bits per heavy atom. The van der Waals surface area contributed by atoms with E-state index in [1.807, 2.05) is 4.90 Å². The number of nitrogens with zero attached hydrogens (tertiary/aromatic N) is 5. The fourth-order valence-corrected chi connectivity index (χ4v) is 3.86. The van der Waals surface area contributed by atoms with E-state index in [1.54, 1.807) is 24.1 Å². The quantitative estimate of drug-likeness (QED) is 0.778. The predicted octanol–water partition coefficient (Wildman–Crippen LogP) is 1.61. The van der Waals surface area contributed by atoms with Crippen LogP contribution < -0.4 is 15.8 Å². The summed E-state index contributed by atoms with van der Waals surface area (Å²) in [6, 6.07) is 3.02. The monoisotopic (exact) mass is 421 g/mol. The Labute approximate surface area is 172 Å². The van der Waals surface area contributed by atoms with E-state index in [9.17, 15) is 18.4 Å². The van der Waals surface area contributed by atoms with Gasteiger partial charge in [0.2, 0.25) is 17.8 Å². The summed E-state index contributed by atoms with van der Waals surface area (Å²) in [6.45, 7) is 3.97. The molecule has 0 unspecified atom stereocenters. The normalized spacial score (nSPS) is 19.7. The second kappa shape index (κ2) is 8.04. The molecule has 1 saturated heterocycles. The van der Waals surface area contributed by atoms with Crippen LogP contribution in [0.25, 0.3) is 5.82 Å². The number of piperazine rings is 1. The Hall–Kier alpha value is -2.98. The lowest BCUT2D eigenvalue weighted by atomic mass is 9.92. The van der Waals surface area contributed by atoms with Gasteiger partial charge in [-0.2, -0.15) is 9.97 Å². The first-order valence-corrected chi connectivity index (χ1v) is 10.1. The van der Waals surface area contributed by atoms with Crippen LogP contribution in [0.3, 0.4) is 0 Å². The molecular weight excluding hydrogens is 396 g/mol. The van der Waals surface area contributed by atoms with Gasteiger partial charge in [0.25, 0.3) is 5.56 Å². The molecule has 3 heterocycles. The number of carbonyl (C=O) groups is 1. The van der Waals surface area contributed by atoms with Gasteiger partial charge < -0.3 is 15.1 Å². The molecule has 2 aromatic heterocycles. The summed E-state index contributed by atoms with van der Waals surface area (Å²) in [5.41, 5.74) is -0.255. The van der Waals surface area contributed by atoms with Crippen molar-refractivity contribution < 1.29 is 13.6 Å². The minimum absolute atomic E-state index is 0.0411. The molecule has 0 aromatic carbocycles. The lowest BCUT2D eigenvalue weighted by Crippen LogP contribution is -2.48. The van der Waals surface area contributed by atoms with Gasteiger partial charge in [0, 0.05) is 70.3 Å². The van der Waals surface area contributed by atoms with Crippen LogP contribution in [0, 0.1) is 0 Å². The summed E-state index contributed by atoms with van der Waals surface area (Å²) in [4.78, 5) is 36.0. The molecule has 2 fully saturated rings. The summed E-state index contributed by atoms with van der Waals surface area (Å²) in [5, 5.41) is 5.85. The van der Waals surface area contributed by atoms with Crippen molar-refractivity contribution in [1.82, 2.24) is 24.6 Å². The highest BCUT2D eigenvalue weighted by Crippen LogP contribution is 2.34. The number of halogens is 2. The number of alkyl halides is 2. The van der Waals surface area contributed by atoms with Gasteiger partial charge in [-0.15, -0.1) is 0 Å². The number of hydrogen-bond donors (Lipinski definition) is 2. The van der Waals surface area contributed by atoms with Crippen LogP contribution in [0.1, 0.15) is 32.6 Å². The molecule has 0 spiro atoms. The van der Waals surface area contributed by atoms with E-state index >= 15 is 0 Å². The van der Waals surface area contributed by atoms with Crippen LogP contribution in [0.15, 0.2) is 23.1 Å². The summed E-state index contributed by atoms with van der Waals surface area (Å²) >= 11 is 0. The van der Waals surface area contributed by atoms with Crippen LogP contribution in [0.4, 0.5) is 20.5 Å². The minimum Gasteiger partial charge on any atom is -0.353 e. The first kappa shape index (κ1) is 20.3. The van der Waals surface area contributed by atoms with E-state index in [0.29, 0.717) is 56.6 Å². The van der Waals surface area contributed by atoms with Crippen molar-refractivity contribution in [1.29, 1.82) is 0 Å². The second-order valence-electron chi connectivity index (χ2n) is 7.84. The van der Waals surface area contributed by atoms with Crippen LogP contribution in [0.5, 0.6) is 0 Å². The SMILES string of the molecule is CC(=O)N1CCN(c2cc(-n3ccc(=O)[nH]3)nc(NC3CCC(F)(F)CC3)n2)CC1. The largest absolute Gasteiger partial charge is 0.353 e. The number of carbonyl (C=O) groups excluding carboxylic acids is 1. The van der Waals surface area contributed by atoms with Crippen molar-refractivity contribution in [2.45, 2.75) is 44.6 Å². The average molecular weight is 421 g/mol. The molecule has 4 rings (SSSR count). The maximum atomic E-state index is 13.5. The standard InChI is InChI=1S/C19H25F2N7O2/c1-13(29)26-8-10-27(11-9-26)15-12-16(28-7-4-17(30)25-28)24-18(23-15)22-14-2-5-19(20,21)6-3-14/h4,7,12,14H,2-3,5-6,8-11H2,1H3,(H,25,30)(H,22,23,24). The summed E-state index contributed by atoms with van der Waals surface area (Å²) in [6.07, 6.45) is 1.94. The van der Waals surface area contributed by atoms with Gasteiger partial charge in [-0.3, -0.25) is 14.7 Å². The first-order chi connectivity index (χ1) is 14.3. The van der Waals surface area contributed by atoms with E-state index in [2.05, 4.69) is 20.4 Å². The predicted molar refractivity (Wildman–Crippen MR) is 107 cm³/mol. The fourth-order valence-electron chi connectivity index (χ4n) is 3.86. The minimum atomic E-state index is -2.60. The Morgan fingerprint density at radius 1 is 1.17 bits per heavy atom. The Morgan fingerprint density at radius 3 is 2.43 bits per heavy atom. The molecule has 2 aromatic rings. The number of nitrogens with one attached hydrogen (secondary N) is 2. The summed E-state index contributed by atoms with van der Waals surface area (Å²) in [7, 11) is 0. The Bertz CT molecular complexity index is 956. The third-order valence-corrected chi connectivity index (χ3v) is 5.65. The molecule has 1 amide bonds. The van der Waals surface area contributed by atoms with E-state index < -0.39 is 5.92 Å². The number of aromatic amines is 1. The highest BCUT2D eigenvalue weighted by Gasteiger charge is 2.35. The average Bonchev–Trinajstić information content (AvgIpc) is 3.16. The first-order valence-electron chi connectivity index (χ1n) is 10.1. The van der Waals surface area contributed by atoms with Crippen molar-refractivity contribution >= 4 is 17.7 Å². The van der Waals surface area contributed by atoms with E-state index in [-0.39, 0.29) is 30.3 Å². The van der Waals surface area contributed by atoms with Gasteiger partial charge in [0.1, 0.15) is 5.82 Å². The van der Waals surface area contributed by atoms with Crippen molar-refractivity contribution in [3.05, 3.63) is 28.7 Å². The van der Waals surface area contributed by atoms with E-state index in [1.165, 1.54) is 10.7 Å². The third kappa shape index (κ3) is 4.60. The zero-order chi connectivity index (χ0) is 21.3. The van der Waals surface area contributed by atoms with Crippen molar-refractivity contribution in [3.63, 3.8) is 0 Å². The lowest BCUT2D eigenvalue weighted by molar-refractivity contribution is -0.129. The fraction of sp³-hybridized carbons (Fsp3) is 0.579. The number of rotatable bonds is 4. The second-order valence-corrected chi connectivity index (χ2v) is 7.84. The highest BCUT2D eigenvalue weighted by atomic mass is 19.3.